The fraction of sp³-hybridized carbons (Fsp3) is 0.667. The van der Waals surface area contributed by atoms with Crippen LogP contribution in [0.3, 0.4) is 0 Å². The number of rotatable bonds is 3. The molecule has 1 amide bonds. The summed E-state index contributed by atoms with van der Waals surface area (Å²) >= 11 is 0. The highest BCUT2D eigenvalue weighted by atomic mass is 35.5. The monoisotopic (exact) mass is 377 g/mol. The molecule has 136 valence electrons. The zero-order chi connectivity index (χ0) is 16.8. The summed E-state index contributed by atoms with van der Waals surface area (Å²) in [6.07, 6.45) is 2.90. The second-order valence-electron chi connectivity index (χ2n) is 6.41. The van der Waals surface area contributed by atoms with Gasteiger partial charge in [0.2, 0.25) is 10.0 Å². The van der Waals surface area contributed by atoms with Crippen LogP contribution in [0.15, 0.2) is 15.4 Å². The maximum Gasteiger partial charge on any atom is 0.290 e. The summed E-state index contributed by atoms with van der Waals surface area (Å²) in [4.78, 5) is 14.8. The van der Waals surface area contributed by atoms with Crippen LogP contribution in [0.4, 0.5) is 0 Å². The summed E-state index contributed by atoms with van der Waals surface area (Å²) in [7, 11) is -0.689. The summed E-state index contributed by atoms with van der Waals surface area (Å²) in [6, 6.07) is 1.74. The zero-order valence-corrected chi connectivity index (χ0v) is 15.7. The molecule has 2 fully saturated rings. The van der Waals surface area contributed by atoms with Gasteiger partial charge in [-0.05, 0) is 32.7 Å². The van der Waals surface area contributed by atoms with E-state index in [1.807, 2.05) is 4.90 Å². The van der Waals surface area contributed by atoms with Gasteiger partial charge in [-0.3, -0.25) is 4.79 Å². The summed E-state index contributed by atoms with van der Waals surface area (Å²) in [5.74, 6) is 0.161. The number of fused-ring (bicyclic) bond motifs is 2. The van der Waals surface area contributed by atoms with Crippen molar-refractivity contribution in [2.75, 3.05) is 27.2 Å². The number of nitrogens with one attached hydrogen (secondary N) is 1. The van der Waals surface area contributed by atoms with E-state index in [0.29, 0.717) is 0 Å². The molecule has 2 aliphatic rings. The summed E-state index contributed by atoms with van der Waals surface area (Å²) < 4.78 is 31.2. The van der Waals surface area contributed by atoms with Crippen molar-refractivity contribution in [3.63, 3.8) is 0 Å². The first-order valence-electron chi connectivity index (χ1n) is 7.88. The van der Waals surface area contributed by atoms with E-state index >= 15 is 0 Å². The molecular formula is C15H24ClN3O4S. The Bertz CT molecular complexity index is 702. The van der Waals surface area contributed by atoms with Crippen LogP contribution in [0.2, 0.25) is 0 Å². The van der Waals surface area contributed by atoms with Crippen molar-refractivity contribution in [3.05, 3.63) is 17.6 Å². The van der Waals surface area contributed by atoms with Crippen molar-refractivity contribution in [2.24, 2.45) is 0 Å². The molecule has 1 aromatic rings. The van der Waals surface area contributed by atoms with Crippen LogP contribution in [0.5, 0.6) is 0 Å². The molecule has 0 saturated carbocycles. The Kier molecular flexibility index (Phi) is 5.64. The molecular weight excluding hydrogens is 354 g/mol. The third-order valence-electron chi connectivity index (χ3n) is 4.73. The van der Waals surface area contributed by atoms with E-state index in [0.717, 1.165) is 36.7 Å². The molecule has 3 rings (SSSR count). The van der Waals surface area contributed by atoms with Gasteiger partial charge in [0.15, 0.2) is 5.76 Å². The zero-order valence-electron chi connectivity index (χ0n) is 14.1. The van der Waals surface area contributed by atoms with E-state index < -0.39 is 10.0 Å². The third kappa shape index (κ3) is 3.20. The molecule has 2 aliphatic heterocycles. The highest BCUT2D eigenvalue weighted by molar-refractivity contribution is 7.89. The smallest absolute Gasteiger partial charge is 0.290 e. The van der Waals surface area contributed by atoms with Gasteiger partial charge in [-0.15, -0.1) is 12.4 Å². The highest BCUT2D eigenvalue weighted by Crippen LogP contribution is 2.31. The van der Waals surface area contributed by atoms with Gasteiger partial charge in [0.1, 0.15) is 10.7 Å². The van der Waals surface area contributed by atoms with Gasteiger partial charge in [-0.2, -0.15) is 0 Å². The fourth-order valence-electron chi connectivity index (χ4n) is 3.46. The summed E-state index contributed by atoms with van der Waals surface area (Å²) in [6.45, 7) is 3.26. The lowest BCUT2D eigenvalue weighted by Crippen LogP contribution is -2.42. The molecule has 3 heterocycles. The first kappa shape index (κ1) is 19.2. The number of hydrogen-bond acceptors (Lipinski definition) is 5. The van der Waals surface area contributed by atoms with E-state index in [9.17, 15) is 13.2 Å². The highest BCUT2D eigenvalue weighted by Gasteiger charge is 2.40. The second-order valence-corrected chi connectivity index (χ2v) is 8.53. The number of carbonyl (C=O) groups is 1. The third-order valence-corrected chi connectivity index (χ3v) is 6.65. The van der Waals surface area contributed by atoms with Crippen molar-refractivity contribution in [2.45, 2.75) is 43.2 Å². The molecule has 2 atom stereocenters. The van der Waals surface area contributed by atoms with E-state index in [4.69, 9.17) is 4.42 Å². The Balaban J connectivity index is 0.00000208. The number of nitrogens with zero attached hydrogens (tertiary/aromatic N) is 2. The Morgan fingerprint density at radius 1 is 1.29 bits per heavy atom. The first-order chi connectivity index (χ1) is 10.8. The van der Waals surface area contributed by atoms with Gasteiger partial charge in [-0.1, -0.05) is 0 Å². The molecule has 0 aliphatic carbocycles. The summed E-state index contributed by atoms with van der Waals surface area (Å²) in [5, 5.41) is 3.34. The van der Waals surface area contributed by atoms with Gasteiger partial charge in [0, 0.05) is 38.8 Å². The average Bonchev–Trinajstić information content (AvgIpc) is 2.97. The number of amides is 1. The van der Waals surface area contributed by atoms with E-state index in [1.165, 1.54) is 20.2 Å². The minimum absolute atomic E-state index is 0. The molecule has 9 heteroatoms. The van der Waals surface area contributed by atoms with Crippen LogP contribution in [-0.4, -0.2) is 62.8 Å². The number of sulfonamides is 1. The lowest BCUT2D eigenvalue weighted by Gasteiger charge is -2.26. The predicted octanol–water partition coefficient (Wildman–Crippen LogP) is 1.23. The van der Waals surface area contributed by atoms with Crippen LogP contribution >= 0.6 is 12.4 Å². The standard InChI is InChI=1S/C15H23N3O4S.ClH/c1-10-14(23(20,21)17(2)3)8-13(22-10)15(19)18-11-4-5-12(18)9-16-7-6-11;/h8,11-12,16H,4-7,9H2,1-3H3;1H. The maximum absolute atomic E-state index is 12.9. The van der Waals surface area contributed by atoms with Gasteiger partial charge in [0.05, 0.1) is 0 Å². The van der Waals surface area contributed by atoms with Crippen LogP contribution < -0.4 is 5.32 Å². The topological polar surface area (TPSA) is 82.9 Å². The van der Waals surface area contributed by atoms with Crippen LogP contribution in [0.1, 0.15) is 35.6 Å². The largest absolute Gasteiger partial charge is 0.455 e. The van der Waals surface area contributed by atoms with E-state index in [-0.39, 0.29) is 46.8 Å². The van der Waals surface area contributed by atoms with Gasteiger partial charge in [-0.25, -0.2) is 12.7 Å². The summed E-state index contributed by atoms with van der Waals surface area (Å²) in [5.41, 5.74) is 0. The van der Waals surface area contributed by atoms with Crippen molar-refractivity contribution in [3.8, 4) is 0 Å². The number of carbonyl (C=O) groups excluding carboxylic acids is 1. The Morgan fingerprint density at radius 3 is 2.62 bits per heavy atom. The van der Waals surface area contributed by atoms with Crippen molar-refractivity contribution in [1.82, 2.24) is 14.5 Å². The van der Waals surface area contributed by atoms with Crippen molar-refractivity contribution < 1.29 is 17.6 Å². The van der Waals surface area contributed by atoms with Crippen LogP contribution in [-0.2, 0) is 10.0 Å². The number of aryl methyl sites for hydroxylation is 1. The van der Waals surface area contributed by atoms with Gasteiger partial charge in [0.25, 0.3) is 5.91 Å². The fourth-order valence-corrected chi connectivity index (χ4v) is 4.52. The second kappa shape index (κ2) is 7.03. The van der Waals surface area contributed by atoms with Crippen molar-refractivity contribution >= 4 is 28.3 Å². The molecule has 0 radical (unpaired) electrons. The SMILES string of the molecule is Cc1oc(C(=O)N2C3CCNCC2CC3)cc1S(=O)(=O)N(C)C.Cl. The minimum Gasteiger partial charge on any atom is -0.455 e. The molecule has 1 aromatic heterocycles. The van der Waals surface area contributed by atoms with Crippen LogP contribution in [0.25, 0.3) is 0 Å². The minimum atomic E-state index is -3.61. The maximum atomic E-state index is 12.9. The normalized spacial score (nSPS) is 23.9. The lowest BCUT2D eigenvalue weighted by molar-refractivity contribution is 0.0646. The number of furan rings is 1. The predicted molar refractivity (Wildman–Crippen MR) is 92.0 cm³/mol. The average molecular weight is 378 g/mol. The van der Waals surface area contributed by atoms with E-state index in [1.54, 1.807) is 6.92 Å². The Morgan fingerprint density at radius 2 is 1.96 bits per heavy atom. The van der Waals surface area contributed by atoms with Gasteiger partial charge < -0.3 is 14.6 Å². The Labute approximate surface area is 148 Å². The molecule has 0 aromatic carbocycles. The lowest BCUT2D eigenvalue weighted by atomic mass is 10.1. The molecule has 7 nitrogen and oxygen atoms in total. The number of halogens is 1. The van der Waals surface area contributed by atoms with Crippen molar-refractivity contribution in [1.29, 1.82) is 0 Å². The number of hydrogen-bond donors (Lipinski definition) is 1. The van der Waals surface area contributed by atoms with E-state index in [2.05, 4.69) is 5.32 Å². The molecule has 2 unspecified atom stereocenters. The first-order valence-corrected chi connectivity index (χ1v) is 9.32. The Hall–Kier alpha value is -1.09. The van der Waals surface area contributed by atoms with Crippen LogP contribution in [0, 0.1) is 6.92 Å². The molecule has 2 bridgehead atoms. The molecule has 24 heavy (non-hydrogen) atoms. The molecule has 0 spiro atoms. The molecule has 1 N–H and O–H groups in total. The molecule has 2 saturated heterocycles. The van der Waals surface area contributed by atoms with Gasteiger partial charge >= 0.3 is 0 Å². The quantitative estimate of drug-likeness (QED) is 0.856.